The van der Waals surface area contributed by atoms with Gasteiger partial charge in [0.05, 0.1) is 17.2 Å². The van der Waals surface area contributed by atoms with Crippen LogP contribution in [0.15, 0.2) is 53.6 Å². The first-order valence-electron chi connectivity index (χ1n) is 9.65. The molecule has 4 aromatic rings. The summed E-state index contributed by atoms with van der Waals surface area (Å²) in [5.74, 6) is -0.118. The lowest BCUT2D eigenvalue weighted by Gasteiger charge is -2.11. The molecule has 2 heterocycles. The molecule has 7 nitrogen and oxygen atoms in total. The lowest BCUT2D eigenvalue weighted by molar-refractivity contribution is 0.0941. The number of fused-ring (bicyclic) bond motifs is 2. The van der Waals surface area contributed by atoms with E-state index in [1.54, 1.807) is 18.3 Å². The van der Waals surface area contributed by atoms with Crippen molar-refractivity contribution in [2.45, 2.75) is 26.3 Å². The van der Waals surface area contributed by atoms with E-state index in [0.717, 1.165) is 12.0 Å². The van der Waals surface area contributed by atoms with Gasteiger partial charge in [-0.1, -0.05) is 42.8 Å². The van der Waals surface area contributed by atoms with Gasteiger partial charge in [-0.15, -0.1) is 0 Å². The van der Waals surface area contributed by atoms with Crippen LogP contribution in [0.3, 0.4) is 0 Å². The third-order valence-electron chi connectivity index (χ3n) is 4.86. The number of rotatable bonds is 5. The van der Waals surface area contributed by atoms with Crippen LogP contribution in [0, 0.1) is 0 Å². The summed E-state index contributed by atoms with van der Waals surface area (Å²) in [5.41, 5.74) is 9.64. The zero-order valence-electron chi connectivity index (χ0n) is 16.6. The van der Waals surface area contributed by atoms with Crippen LogP contribution < -0.4 is 11.1 Å². The van der Waals surface area contributed by atoms with Gasteiger partial charge < -0.3 is 11.1 Å². The third kappa shape index (κ3) is 3.71. The van der Waals surface area contributed by atoms with Crippen molar-refractivity contribution in [3.63, 3.8) is 0 Å². The monoisotopic (exact) mass is 420 g/mol. The highest BCUT2D eigenvalue weighted by molar-refractivity contribution is 6.30. The summed E-state index contributed by atoms with van der Waals surface area (Å²) in [6.07, 6.45) is 2.42. The molecule has 2 aromatic carbocycles. The molecule has 1 amide bonds. The van der Waals surface area contributed by atoms with Gasteiger partial charge in [-0.3, -0.25) is 4.79 Å². The number of halogens is 1. The van der Waals surface area contributed by atoms with Gasteiger partial charge in [0.1, 0.15) is 16.9 Å². The number of anilines is 1. The van der Waals surface area contributed by atoms with E-state index in [9.17, 15) is 4.79 Å². The molecule has 1 unspecified atom stereocenters. The van der Waals surface area contributed by atoms with Crippen LogP contribution in [0.25, 0.3) is 22.2 Å². The van der Waals surface area contributed by atoms with E-state index in [2.05, 4.69) is 20.4 Å². The first kappa shape index (κ1) is 19.8. The summed E-state index contributed by atoms with van der Waals surface area (Å²) >= 11 is 6.06. The van der Waals surface area contributed by atoms with Gasteiger partial charge >= 0.3 is 0 Å². The number of carbonyl (C=O) groups excluding carboxylic acids is 1. The van der Waals surface area contributed by atoms with Crippen LogP contribution in [-0.2, 0) is 0 Å². The maximum absolute atomic E-state index is 13.0. The number of para-hydroxylation sites is 2. The summed E-state index contributed by atoms with van der Waals surface area (Å²) in [6, 6.07) is 14.7. The molecule has 0 spiro atoms. The Labute approximate surface area is 178 Å². The summed E-state index contributed by atoms with van der Waals surface area (Å²) < 4.78 is 1.45. The molecule has 1 atom stereocenters. The Morgan fingerprint density at radius 3 is 2.67 bits per heavy atom. The van der Waals surface area contributed by atoms with Gasteiger partial charge in [0.15, 0.2) is 5.65 Å². The van der Waals surface area contributed by atoms with Crippen LogP contribution in [0.1, 0.15) is 36.2 Å². The van der Waals surface area contributed by atoms with Crippen molar-refractivity contribution in [3.8, 4) is 0 Å². The average Bonchev–Trinajstić information content (AvgIpc) is 3.00. The predicted octanol–water partition coefficient (Wildman–Crippen LogP) is 4.23. The summed E-state index contributed by atoms with van der Waals surface area (Å²) in [4.78, 5) is 22.3. The van der Waals surface area contributed by atoms with E-state index >= 15 is 0 Å². The SMILES string of the molecule is CCC(C)NC(=O)c1c(N)n(N=Cc2cccc(Cl)c2)c2nc3ccccc3nc12. The molecule has 0 fully saturated rings. The number of nitrogens with zero attached hydrogens (tertiary/aromatic N) is 4. The van der Waals surface area contributed by atoms with E-state index in [0.29, 0.717) is 27.2 Å². The molecule has 0 saturated carbocycles. The third-order valence-corrected chi connectivity index (χ3v) is 5.10. The molecule has 0 aliphatic rings. The highest BCUT2D eigenvalue weighted by atomic mass is 35.5. The number of benzene rings is 2. The van der Waals surface area contributed by atoms with Gasteiger partial charge in [-0.25, -0.2) is 9.97 Å². The molecule has 30 heavy (non-hydrogen) atoms. The number of nitrogens with two attached hydrogens (primary N) is 1. The Morgan fingerprint density at radius 2 is 1.97 bits per heavy atom. The zero-order valence-corrected chi connectivity index (χ0v) is 17.4. The number of nitrogens with one attached hydrogen (secondary N) is 1. The second kappa shape index (κ2) is 8.12. The molecule has 0 aliphatic carbocycles. The smallest absolute Gasteiger partial charge is 0.257 e. The molecule has 0 aliphatic heterocycles. The van der Waals surface area contributed by atoms with Crippen LogP contribution in [-0.4, -0.2) is 32.8 Å². The number of carbonyl (C=O) groups is 1. The van der Waals surface area contributed by atoms with Crippen LogP contribution in [0.5, 0.6) is 0 Å². The van der Waals surface area contributed by atoms with Crippen molar-refractivity contribution in [1.29, 1.82) is 0 Å². The lowest BCUT2D eigenvalue weighted by atomic mass is 10.2. The molecule has 8 heteroatoms. The van der Waals surface area contributed by atoms with E-state index in [1.165, 1.54) is 4.68 Å². The van der Waals surface area contributed by atoms with E-state index in [-0.39, 0.29) is 23.3 Å². The Balaban J connectivity index is 1.91. The van der Waals surface area contributed by atoms with E-state index < -0.39 is 0 Å². The maximum Gasteiger partial charge on any atom is 0.257 e. The molecule has 152 valence electrons. The standard InChI is InChI=1S/C22H21ClN6O/c1-3-13(2)26-22(30)18-19-21(28-17-10-5-4-9-16(17)27-19)29(20(18)24)25-12-14-7-6-8-15(23)11-14/h4-13H,3,24H2,1-2H3,(H,26,30). The average molecular weight is 421 g/mol. The highest BCUT2D eigenvalue weighted by Crippen LogP contribution is 2.28. The zero-order chi connectivity index (χ0) is 21.3. The first-order valence-corrected chi connectivity index (χ1v) is 10.0. The molecule has 2 aromatic heterocycles. The summed E-state index contributed by atoms with van der Waals surface area (Å²) in [6.45, 7) is 3.94. The summed E-state index contributed by atoms with van der Waals surface area (Å²) in [7, 11) is 0. The molecule has 4 rings (SSSR count). The van der Waals surface area contributed by atoms with Crippen molar-refractivity contribution < 1.29 is 4.79 Å². The molecular weight excluding hydrogens is 400 g/mol. The van der Waals surface area contributed by atoms with Gasteiger partial charge in [-0.05, 0) is 43.2 Å². The molecule has 0 bridgehead atoms. The van der Waals surface area contributed by atoms with Crippen molar-refractivity contribution >= 4 is 51.7 Å². The number of hydrogen-bond donors (Lipinski definition) is 2. The lowest BCUT2D eigenvalue weighted by Crippen LogP contribution is -2.32. The largest absolute Gasteiger partial charge is 0.383 e. The van der Waals surface area contributed by atoms with Crippen molar-refractivity contribution in [3.05, 3.63) is 64.7 Å². The van der Waals surface area contributed by atoms with Crippen molar-refractivity contribution in [1.82, 2.24) is 20.0 Å². The second-order valence-corrected chi connectivity index (χ2v) is 7.48. The van der Waals surface area contributed by atoms with Crippen molar-refractivity contribution in [2.24, 2.45) is 5.10 Å². The topological polar surface area (TPSA) is 98.2 Å². The molecular formula is C22H21ClN6O. The predicted molar refractivity (Wildman–Crippen MR) is 121 cm³/mol. The normalized spacial score (nSPS) is 12.6. The highest BCUT2D eigenvalue weighted by Gasteiger charge is 2.24. The molecule has 3 N–H and O–H groups in total. The fourth-order valence-corrected chi connectivity index (χ4v) is 3.30. The molecule has 0 radical (unpaired) electrons. The first-order chi connectivity index (χ1) is 14.5. The Morgan fingerprint density at radius 1 is 1.23 bits per heavy atom. The number of nitrogen functional groups attached to an aromatic ring is 1. The second-order valence-electron chi connectivity index (χ2n) is 7.04. The minimum absolute atomic E-state index is 0.00122. The number of amides is 1. The summed E-state index contributed by atoms with van der Waals surface area (Å²) in [5, 5.41) is 8.03. The molecule has 0 saturated heterocycles. The Bertz CT molecular complexity index is 1280. The fraction of sp³-hybridized carbons (Fsp3) is 0.182. The number of aromatic nitrogens is 3. The van der Waals surface area contributed by atoms with E-state index in [4.69, 9.17) is 17.3 Å². The van der Waals surface area contributed by atoms with Crippen LogP contribution in [0.2, 0.25) is 5.02 Å². The van der Waals surface area contributed by atoms with Crippen molar-refractivity contribution in [2.75, 3.05) is 5.73 Å². The minimum atomic E-state index is -0.298. The van der Waals surface area contributed by atoms with Gasteiger partial charge in [0, 0.05) is 11.1 Å². The van der Waals surface area contributed by atoms with Gasteiger partial charge in [0.25, 0.3) is 5.91 Å². The van der Waals surface area contributed by atoms with Crippen LogP contribution >= 0.6 is 11.6 Å². The quantitative estimate of drug-likeness (QED) is 0.472. The van der Waals surface area contributed by atoms with E-state index in [1.807, 2.05) is 50.2 Å². The minimum Gasteiger partial charge on any atom is -0.383 e. The maximum atomic E-state index is 13.0. The fourth-order valence-electron chi connectivity index (χ4n) is 3.10. The van der Waals surface area contributed by atoms with Crippen LogP contribution in [0.4, 0.5) is 5.82 Å². The van der Waals surface area contributed by atoms with Gasteiger partial charge in [-0.2, -0.15) is 9.78 Å². The Hall–Kier alpha value is -3.45. The van der Waals surface area contributed by atoms with Gasteiger partial charge in [0.2, 0.25) is 0 Å². The Kier molecular flexibility index (Phi) is 5.37. The number of hydrogen-bond acceptors (Lipinski definition) is 5.